The van der Waals surface area contributed by atoms with Gasteiger partial charge in [-0.25, -0.2) is 4.79 Å². The molecule has 3 N–H and O–H groups in total. The van der Waals surface area contributed by atoms with Gasteiger partial charge in [0.2, 0.25) is 23.6 Å². The summed E-state index contributed by atoms with van der Waals surface area (Å²) in [5, 5.41) is 14.5. The lowest BCUT2D eigenvalue weighted by molar-refractivity contribution is -0.146. The molecule has 0 spiro atoms. The molecule has 1 aliphatic carbocycles. The first-order chi connectivity index (χ1) is 23.9. The molecule has 0 unspecified atom stereocenters. The van der Waals surface area contributed by atoms with Crippen LogP contribution in [0.25, 0.3) is 11.1 Å². The van der Waals surface area contributed by atoms with Crippen molar-refractivity contribution in [1.29, 1.82) is 0 Å². The molecule has 0 saturated heterocycles. The van der Waals surface area contributed by atoms with Crippen LogP contribution >= 0.6 is 0 Å². The van der Waals surface area contributed by atoms with Gasteiger partial charge in [0.25, 0.3) is 0 Å². The van der Waals surface area contributed by atoms with Crippen molar-refractivity contribution < 1.29 is 38.6 Å². The highest BCUT2D eigenvalue weighted by Crippen LogP contribution is 2.44. The third kappa shape index (κ3) is 10.3. The molecule has 0 bridgehead atoms. The van der Waals surface area contributed by atoms with Crippen LogP contribution in [0.15, 0.2) is 48.5 Å². The largest absolute Gasteiger partial charge is 0.480 e. The first kappa shape index (κ1) is 40.5. The smallest absolute Gasteiger partial charge is 0.410 e. The molecular weight excluding hydrogens is 654 g/mol. The Hall–Kier alpha value is -4.94. The van der Waals surface area contributed by atoms with E-state index in [1.54, 1.807) is 6.92 Å². The number of fused-ring (bicyclic) bond motifs is 3. The number of hydrogen-bond acceptors (Lipinski definition) is 7. The summed E-state index contributed by atoms with van der Waals surface area (Å²) >= 11 is 0. The predicted molar refractivity (Wildman–Crippen MR) is 193 cm³/mol. The van der Waals surface area contributed by atoms with Gasteiger partial charge < -0.3 is 30.3 Å². The molecule has 2 aromatic rings. The Morgan fingerprint density at radius 3 is 1.76 bits per heavy atom. The Morgan fingerprint density at radius 1 is 0.725 bits per heavy atom. The molecule has 13 heteroatoms. The van der Waals surface area contributed by atoms with Crippen LogP contribution in [0.1, 0.15) is 71.4 Å². The number of carbonyl (C=O) groups is 6. The van der Waals surface area contributed by atoms with Gasteiger partial charge in [-0.2, -0.15) is 0 Å². The lowest BCUT2D eigenvalue weighted by Gasteiger charge is -2.34. The number of carbonyl (C=O) groups excluding carboxylic acids is 5. The van der Waals surface area contributed by atoms with Gasteiger partial charge >= 0.3 is 12.1 Å². The van der Waals surface area contributed by atoms with Gasteiger partial charge in [-0.05, 0) is 60.8 Å². The van der Waals surface area contributed by atoms with Crippen LogP contribution in [0.5, 0.6) is 0 Å². The van der Waals surface area contributed by atoms with Crippen molar-refractivity contribution in [2.24, 2.45) is 11.8 Å². The van der Waals surface area contributed by atoms with E-state index in [4.69, 9.17) is 9.84 Å². The number of aliphatic carboxylic acids is 1. The SMILES string of the molecule is CC(C)C[C@H](NC(=O)[C@H](C)N(C)C(=O)OCC1c2ccccc2-c2ccccc21)C(=O)N(C)[C@@H](CC(C)C)C(=O)N[C@@H](C)C(=O)N(C)CC(=O)O. The summed E-state index contributed by atoms with van der Waals surface area (Å²) in [6, 6.07) is 12.0. The van der Waals surface area contributed by atoms with Crippen LogP contribution in [0.4, 0.5) is 4.79 Å². The first-order valence-corrected chi connectivity index (χ1v) is 17.4. The van der Waals surface area contributed by atoms with Crippen molar-refractivity contribution in [3.8, 4) is 11.1 Å². The Bertz CT molecular complexity index is 1550. The second-order valence-corrected chi connectivity index (χ2v) is 14.2. The van der Waals surface area contributed by atoms with Gasteiger partial charge in [0.05, 0.1) is 0 Å². The standard InChI is InChI=1S/C38H53N5O8/c1-22(2)18-31(37(49)43(9)32(19-23(3)4)35(47)39-24(5)36(48)41(7)20-33(44)45)40-34(46)25(6)42(8)38(50)51-21-30-28-16-12-10-14-26(28)27-15-11-13-17-29(27)30/h10-17,22-25,30-32H,18-21H2,1-9H3,(H,39,47)(H,40,46)(H,44,45)/t24-,25-,31-,32-/m0/s1. The summed E-state index contributed by atoms with van der Waals surface area (Å²) in [7, 11) is 4.27. The number of rotatable bonds is 16. The van der Waals surface area contributed by atoms with E-state index in [-0.39, 0.29) is 37.2 Å². The molecule has 1 aliphatic rings. The molecule has 13 nitrogen and oxygen atoms in total. The quantitative estimate of drug-likeness (QED) is 0.238. The summed E-state index contributed by atoms with van der Waals surface area (Å²) in [6.07, 6.45) is -0.153. The third-order valence-electron chi connectivity index (χ3n) is 9.20. The number of amides is 5. The zero-order chi connectivity index (χ0) is 38.2. The molecule has 0 aliphatic heterocycles. The molecule has 278 valence electrons. The first-order valence-electron chi connectivity index (χ1n) is 17.4. The van der Waals surface area contributed by atoms with Crippen molar-refractivity contribution in [2.75, 3.05) is 34.3 Å². The van der Waals surface area contributed by atoms with E-state index >= 15 is 0 Å². The van der Waals surface area contributed by atoms with Crippen LogP contribution in [0.3, 0.4) is 0 Å². The lowest BCUT2D eigenvalue weighted by atomic mass is 9.98. The molecule has 0 aromatic heterocycles. The molecule has 4 atom stereocenters. The van der Waals surface area contributed by atoms with Gasteiger partial charge in [-0.3, -0.25) is 28.9 Å². The summed E-state index contributed by atoms with van der Waals surface area (Å²) in [5.74, 6) is -3.61. The average molecular weight is 708 g/mol. The summed E-state index contributed by atoms with van der Waals surface area (Å²) < 4.78 is 5.74. The normalized spacial score (nSPS) is 14.4. The zero-order valence-electron chi connectivity index (χ0n) is 31.1. The van der Waals surface area contributed by atoms with E-state index < -0.39 is 66.4 Å². The number of benzene rings is 2. The van der Waals surface area contributed by atoms with Crippen LogP contribution in [-0.4, -0.2) is 114 Å². The van der Waals surface area contributed by atoms with Gasteiger partial charge in [-0.15, -0.1) is 0 Å². The monoisotopic (exact) mass is 707 g/mol. The second kappa shape index (κ2) is 17.8. The topological polar surface area (TPSA) is 166 Å². The fraction of sp³-hybridized carbons (Fsp3) is 0.526. The van der Waals surface area contributed by atoms with E-state index in [1.807, 2.05) is 76.2 Å². The fourth-order valence-corrected chi connectivity index (χ4v) is 6.28. The van der Waals surface area contributed by atoms with Crippen molar-refractivity contribution in [2.45, 2.75) is 84.5 Å². The Labute approximate surface area is 300 Å². The van der Waals surface area contributed by atoms with Crippen molar-refractivity contribution >= 4 is 35.7 Å². The summed E-state index contributed by atoms with van der Waals surface area (Å²) in [4.78, 5) is 81.4. The number of hydrogen-bond donors (Lipinski definition) is 3. The molecule has 0 heterocycles. The van der Waals surface area contributed by atoms with E-state index in [0.29, 0.717) is 0 Å². The number of carboxylic acid groups (broad SMARTS) is 1. The summed E-state index contributed by atoms with van der Waals surface area (Å²) in [6.45, 7) is 10.1. The van der Waals surface area contributed by atoms with Crippen LogP contribution in [0.2, 0.25) is 0 Å². The molecule has 51 heavy (non-hydrogen) atoms. The highest BCUT2D eigenvalue weighted by Gasteiger charge is 2.36. The number of nitrogens with zero attached hydrogens (tertiary/aromatic N) is 3. The van der Waals surface area contributed by atoms with Crippen molar-refractivity contribution in [3.05, 3.63) is 59.7 Å². The fourth-order valence-electron chi connectivity index (χ4n) is 6.28. The molecule has 0 fully saturated rings. The van der Waals surface area contributed by atoms with Crippen LogP contribution < -0.4 is 10.6 Å². The maximum Gasteiger partial charge on any atom is 0.410 e. The molecule has 0 radical (unpaired) electrons. The number of carboxylic acids is 1. The maximum absolute atomic E-state index is 14.0. The van der Waals surface area contributed by atoms with E-state index in [9.17, 15) is 28.8 Å². The minimum absolute atomic E-state index is 0.0115. The third-order valence-corrected chi connectivity index (χ3v) is 9.20. The van der Waals surface area contributed by atoms with Gasteiger partial charge in [0.1, 0.15) is 37.3 Å². The lowest BCUT2D eigenvalue weighted by Crippen LogP contribution is -2.58. The molecule has 3 rings (SSSR count). The van der Waals surface area contributed by atoms with Gasteiger partial charge in [0.15, 0.2) is 0 Å². The van der Waals surface area contributed by atoms with E-state index in [0.717, 1.165) is 27.2 Å². The van der Waals surface area contributed by atoms with Crippen LogP contribution in [-0.2, 0) is 28.7 Å². The number of nitrogens with one attached hydrogen (secondary N) is 2. The number of likely N-dealkylation sites (N-methyl/N-ethyl adjacent to an activating group) is 3. The van der Waals surface area contributed by atoms with Crippen molar-refractivity contribution in [1.82, 2.24) is 25.3 Å². The van der Waals surface area contributed by atoms with E-state index in [2.05, 4.69) is 10.6 Å². The molecular formula is C38H53N5O8. The molecule has 5 amide bonds. The van der Waals surface area contributed by atoms with Gasteiger partial charge in [0, 0.05) is 27.1 Å². The minimum Gasteiger partial charge on any atom is -0.480 e. The predicted octanol–water partition coefficient (Wildman–Crippen LogP) is 3.71. The Kier molecular flexibility index (Phi) is 14.1. The molecule has 2 aromatic carbocycles. The Balaban J connectivity index is 1.69. The highest BCUT2D eigenvalue weighted by molar-refractivity contribution is 5.95. The van der Waals surface area contributed by atoms with Crippen molar-refractivity contribution in [3.63, 3.8) is 0 Å². The van der Waals surface area contributed by atoms with Gasteiger partial charge in [-0.1, -0.05) is 76.2 Å². The Morgan fingerprint density at radius 2 is 1.25 bits per heavy atom. The summed E-state index contributed by atoms with van der Waals surface area (Å²) in [5.41, 5.74) is 4.33. The highest BCUT2D eigenvalue weighted by atomic mass is 16.6. The van der Waals surface area contributed by atoms with Crippen LogP contribution in [0, 0.1) is 11.8 Å². The average Bonchev–Trinajstić information content (AvgIpc) is 3.40. The second-order valence-electron chi connectivity index (χ2n) is 14.2. The van der Waals surface area contributed by atoms with E-state index in [1.165, 1.54) is 37.9 Å². The maximum atomic E-state index is 14.0. The zero-order valence-corrected chi connectivity index (χ0v) is 31.1. The minimum atomic E-state index is -1.19. The number of ether oxygens (including phenoxy) is 1. The molecule has 0 saturated carbocycles.